The van der Waals surface area contributed by atoms with Crippen molar-refractivity contribution < 1.29 is 23.0 Å². The molecule has 0 aliphatic rings. The Balaban J connectivity index is 2.62. The van der Waals surface area contributed by atoms with Gasteiger partial charge in [-0.25, -0.2) is 12.7 Å². The van der Waals surface area contributed by atoms with Crippen LogP contribution in [0.1, 0.15) is 12.7 Å². The van der Waals surface area contributed by atoms with Gasteiger partial charge in [-0.15, -0.1) is 0 Å². The Morgan fingerprint density at radius 2 is 2.05 bits per heavy atom. The van der Waals surface area contributed by atoms with Crippen molar-refractivity contribution >= 4 is 10.0 Å². The monoisotopic (exact) mass is 292 g/mol. The molecule has 0 saturated carbocycles. The smallest absolute Gasteiger partial charge is 0.275 e. The Morgan fingerprint density at radius 1 is 1.42 bits per heavy atom. The fourth-order valence-corrected chi connectivity index (χ4v) is 2.09. The van der Waals surface area contributed by atoms with E-state index in [2.05, 4.69) is 5.32 Å². The fourth-order valence-electron chi connectivity index (χ4n) is 1.28. The van der Waals surface area contributed by atoms with Crippen LogP contribution in [0.15, 0.2) is 21.6 Å². The van der Waals surface area contributed by atoms with E-state index in [0.717, 1.165) is 4.31 Å². The number of nitrogens with zero attached hydrogens (tertiary/aromatic N) is 1. The van der Waals surface area contributed by atoms with Crippen LogP contribution in [-0.2, 0) is 16.6 Å². The van der Waals surface area contributed by atoms with E-state index in [0.29, 0.717) is 5.76 Å². The zero-order chi connectivity index (χ0) is 14.7. The second-order valence-electron chi connectivity index (χ2n) is 4.77. The van der Waals surface area contributed by atoms with Crippen molar-refractivity contribution in [1.29, 1.82) is 0 Å². The summed E-state index contributed by atoms with van der Waals surface area (Å²) in [5.74, 6) is 0.439. The van der Waals surface area contributed by atoms with Crippen LogP contribution >= 0.6 is 0 Å². The van der Waals surface area contributed by atoms with Gasteiger partial charge in [0.05, 0.1) is 18.8 Å². The van der Waals surface area contributed by atoms with Gasteiger partial charge < -0.3 is 19.9 Å². The van der Waals surface area contributed by atoms with E-state index < -0.39 is 15.6 Å². The number of aliphatic hydroxyl groups is 2. The number of hydrogen-bond donors (Lipinski definition) is 3. The predicted octanol–water partition coefficient (Wildman–Crippen LogP) is -0.637. The maximum absolute atomic E-state index is 11.8. The van der Waals surface area contributed by atoms with Gasteiger partial charge in [-0.3, -0.25) is 0 Å². The molecule has 1 aromatic heterocycles. The maximum Gasteiger partial charge on any atom is 0.275 e. The Bertz CT molecular complexity index is 507. The highest BCUT2D eigenvalue weighted by Crippen LogP contribution is 2.16. The Morgan fingerprint density at radius 3 is 2.58 bits per heavy atom. The first-order valence-corrected chi connectivity index (χ1v) is 7.18. The van der Waals surface area contributed by atoms with Gasteiger partial charge in [-0.05, 0) is 19.1 Å². The van der Waals surface area contributed by atoms with Crippen molar-refractivity contribution in [2.75, 3.05) is 27.2 Å². The summed E-state index contributed by atoms with van der Waals surface area (Å²) in [7, 11) is -0.715. The molecule has 0 spiro atoms. The third-order valence-corrected chi connectivity index (χ3v) is 4.21. The maximum atomic E-state index is 11.8. The second kappa shape index (κ2) is 6.02. The van der Waals surface area contributed by atoms with Crippen LogP contribution in [-0.4, -0.2) is 55.8 Å². The summed E-state index contributed by atoms with van der Waals surface area (Å²) in [5.41, 5.74) is -1.22. The molecule has 0 saturated heterocycles. The van der Waals surface area contributed by atoms with Gasteiger partial charge in [-0.2, -0.15) is 0 Å². The van der Waals surface area contributed by atoms with Crippen LogP contribution in [0.4, 0.5) is 0 Å². The first kappa shape index (κ1) is 16.1. The molecule has 1 atom stereocenters. The lowest BCUT2D eigenvalue weighted by Gasteiger charge is -2.20. The number of aliphatic hydroxyl groups excluding tert-OH is 1. The minimum atomic E-state index is -3.56. The third kappa shape index (κ3) is 4.29. The zero-order valence-corrected chi connectivity index (χ0v) is 12.1. The zero-order valence-electron chi connectivity index (χ0n) is 11.3. The van der Waals surface area contributed by atoms with E-state index in [-0.39, 0.29) is 24.8 Å². The van der Waals surface area contributed by atoms with Crippen molar-refractivity contribution in [3.05, 3.63) is 17.9 Å². The van der Waals surface area contributed by atoms with Crippen molar-refractivity contribution in [2.24, 2.45) is 0 Å². The Kier molecular flexibility index (Phi) is 5.11. The Labute approximate surface area is 112 Å². The first-order chi connectivity index (χ1) is 8.69. The standard InChI is InChI=1S/C11H20N2O5S/c1-11(15,8-14)7-12-6-9-4-5-10(18-9)19(16,17)13(2)3/h4-5,12,14-15H,6-8H2,1-3H3. The number of furan rings is 1. The van der Waals surface area contributed by atoms with Crippen LogP contribution in [0.25, 0.3) is 0 Å². The van der Waals surface area contributed by atoms with E-state index in [1.165, 1.54) is 27.1 Å². The van der Waals surface area contributed by atoms with Gasteiger partial charge >= 0.3 is 0 Å². The van der Waals surface area contributed by atoms with Crippen LogP contribution in [0.5, 0.6) is 0 Å². The topological polar surface area (TPSA) is 103 Å². The summed E-state index contributed by atoms with van der Waals surface area (Å²) in [5, 5.41) is 21.2. The molecule has 0 bridgehead atoms. The summed E-state index contributed by atoms with van der Waals surface area (Å²) in [6.45, 7) is 1.56. The number of hydrogen-bond acceptors (Lipinski definition) is 6. The molecular weight excluding hydrogens is 272 g/mol. The summed E-state index contributed by atoms with van der Waals surface area (Å²) >= 11 is 0. The van der Waals surface area contributed by atoms with Crippen LogP contribution in [0.2, 0.25) is 0 Å². The molecule has 0 amide bonds. The second-order valence-corrected chi connectivity index (χ2v) is 6.85. The largest absolute Gasteiger partial charge is 0.447 e. The lowest BCUT2D eigenvalue weighted by molar-refractivity contribution is 0.00223. The lowest BCUT2D eigenvalue weighted by atomic mass is 10.1. The van der Waals surface area contributed by atoms with Crippen molar-refractivity contribution in [3.8, 4) is 0 Å². The van der Waals surface area contributed by atoms with Gasteiger partial charge in [0.2, 0.25) is 5.09 Å². The molecule has 1 aromatic rings. The molecule has 0 aliphatic heterocycles. The molecule has 1 rings (SSSR count). The van der Waals surface area contributed by atoms with Crippen molar-refractivity contribution in [2.45, 2.75) is 24.2 Å². The minimum absolute atomic E-state index is 0.122. The summed E-state index contributed by atoms with van der Waals surface area (Å²) in [4.78, 5) is 0. The fraction of sp³-hybridized carbons (Fsp3) is 0.636. The average Bonchev–Trinajstić information content (AvgIpc) is 2.78. The van der Waals surface area contributed by atoms with Gasteiger partial charge in [-0.1, -0.05) is 0 Å². The molecule has 1 heterocycles. The van der Waals surface area contributed by atoms with E-state index in [9.17, 15) is 13.5 Å². The van der Waals surface area contributed by atoms with E-state index in [1.54, 1.807) is 6.07 Å². The normalized spacial score (nSPS) is 15.7. The molecule has 7 nitrogen and oxygen atoms in total. The van der Waals surface area contributed by atoms with Gasteiger partial charge in [0, 0.05) is 20.6 Å². The predicted molar refractivity (Wildman–Crippen MR) is 69.0 cm³/mol. The Hall–Kier alpha value is -0.930. The van der Waals surface area contributed by atoms with Gasteiger partial charge in [0.25, 0.3) is 10.0 Å². The van der Waals surface area contributed by atoms with Crippen LogP contribution < -0.4 is 5.32 Å². The summed E-state index contributed by atoms with van der Waals surface area (Å²) < 4.78 is 29.8. The van der Waals surface area contributed by atoms with Crippen LogP contribution in [0, 0.1) is 0 Å². The molecule has 0 aromatic carbocycles. The molecule has 0 radical (unpaired) electrons. The van der Waals surface area contributed by atoms with Gasteiger partial charge in [0.15, 0.2) is 0 Å². The van der Waals surface area contributed by atoms with Crippen molar-refractivity contribution in [1.82, 2.24) is 9.62 Å². The summed E-state index contributed by atoms with van der Waals surface area (Å²) in [6.07, 6.45) is 0. The SMILES string of the molecule is CN(C)S(=O)(=O)c1ccc(CNCC(C)(O)CO)o1. The quantitative estimate of drug-likeness (QED) is 0.618. The summed E-state index contributed by atoms with van der Waals surface area (Å²) in [6, 6.07) is 2.94. The highest BCUT2D eigenvalue weighted by molar-refractivity contribution is 7.88. The minimum Gasteiger partial charge on any atom is -0.447 e. The molecule has 0 fully saturated rings. The van der Waals surface area contributed by atoms with E-state index in [1.807, 2.05) is 0 Å². The van der Waals surface area contributed by atoms with E-state index in [4.69, 9.17) is 9.52 Å². The van der Waals surface area contributed by atoms with E-state index >= 15 is 0 Å². The molecule has 19 heavy (non-hydrogen) atoms. The number of nitrogens with one attached hydrogen (secondary N) is 1. The first-order valence-electron chi connectivity index (χ1n) is 5.74. The lowest BCUT2D eigenvalue weighted by Crippen LogP contribution is -2.40. The molecule has 1 unspecified atom stereocenters. The molecule has 0 aliphatic carbocycles. The number of rotatable bonds is 7. The molecule has 3 N–H and O–H groups in total. The highest BCUT2D eigenvalue weighted by atomic mass is 32.2. The molecule has 110 valence electrons. The van der Waals surface area contributed by atoms with Crippen LogP contribution in [0.3, 0.4) is 0 Å². The third-order valence-electron chi connectivity index (χ3n) is 2.52. The highest BCUT2D eigenvalue weighted by Gasteiger charge is 2.22. The van der Waals surface area contributed by atoms with Crippen molar-refractivity contribution in [3.63, 3.8) is 0 Å². The molecule has 8 heteroatoms. The molecular formula is C11H20N2O5S. The van der Waals surface area contributed by atoms with Gasteiger partial charge in [0.1, 0.15) is 5.76 Å². The average molecular weight is 292 g/mol. The number of sulfonamides is 1.